The van der Waals surface area contributed by atoms with Crippen LogP contribution in [-0.2, 0) is 14.3 Å². The van der Waals surface area contributed by atoms with Gasteiger partial charge in [0.1, 0.15) is 5.76 Å². The number of hydrogen-bond acceptors (Lipinski definition) is 3. The number of ether oxygens (including phenoxy) is 1. The van der Waals surface area contributed by atoms with Crippen LogP contribution in [0, 0.1) is 5.92 Å². The lowest BCUT2D eigenvalue weighted by Crippen LogP contribution is -2.44. The first kappa shape index (κ1) is 18.9. The summed E-state index contributed by atoms with van der Waals surface area (Å²) in [5.41, 5.74) is 2.92. The minimum absolute atomic E-state index is 0.00854. The molecule has 0 aromatic heterocycles. The molecule has 0 spiro atoms. The Labute approximate surface area is 160 Å². The van der Waals surface area contributed by atoms with Gasteiger partial charge in [-0.15, -0.1) is 0 Å². The van der Waals surface area contributed by atoms with Crippen LogP contribution in [0.1, 0.15) is 50.9 Å². The molecule has 0 unspecified atom stereocenters. The number of carbonyl (C=O) groups is 2. The molecule has 1 amide bonds. The maximum Gasteiger partial charge on any atom is 0.307 e. The van der Waals surface area contributed by atoms with Crippen molar-refractivity contribution in [2.45, 2.75) is 39.8 Å². The Hall–Kier alpha value is -2.88. The van der Waals surface area contributed by atoms with Crippen molar-refractivity contribution in [3.05, 3.63) is 83.1 Å². The second-order valence-electron chi connectivity index (χ2n) is 7.02. The summed E-state index contributed by atoms with van der Waals surface area (Å²) in [5, 5.41) is 0. The van der Waals surface area contributed by atoms with Crippen molar-refractivity contribution in [2.24, 2.45) is 5.92 Å². The largest absolute Gasteiger partial charge is 0.431 e. The van der Waals surface area contributed by atoms with Gasteiger partial charge in [0.05, 0.1) is 12.1 Å². The number of benzene rings is 2. The van der Waals surface area contributed by atoms with Crippen LogP contribution in [0.2, 0.25) is 0 Å². The van der Waals surface area contributed by atoms with Crippen molar-refractivity contribution in [2.75, 3.05) is 0 Å². The molecule has 0 saturated carbocycles. The standard InChI is InChI=1S/C23H25NO3/c1-15-21(19-11-7-5-8-12-19)24(17(3)25)22(20-13-9-6-10-14-20)16(2)23(15)27-18(4)26/h5-15,21-22H,1-4H3/t15-,21+,22+/m1/s1. The van der Waals surface area contributed by atoms with Gasteiger partial charge in [-0.05, 0) is 23.6 Å². The summed E-state index contributed by atoms with van der Waals surface area (Å²) in [7, 11) is 0. The summed E-state index contributed by atoms with van der Waals surface area (Å²) in [6, 6.07) is 19.3. The summed E-state index contributed by atoms with van der Waals surface area (Å²) >= 11 is 0. The topological polar surface area (TPSA) is 46.6 Å². The van der Waals surface area contributed by atoms with E-state index in [4.69, 9.17) is 4.74 Å². The molecule has 140 valence electrons. The fourth-order valence-electron chi connectivity index (χ4n) is 4.10. The molecule has 3 rings (SSSR count). The van der Waals surface area contributed by atoms with Crippen LogP contribution < -0.4 is 0 Å². The normalized spacial score (nSPS) is 22.5. The summed E-state index contributed by atoms with van der Waals surface area (Å²) in [6.07, 6.45) is 0. The minimum atomic E-state index is -0.342. The first-order chi connectivity index (χ1) is 12.9. The zero-order chi connectivity index (χ0) is 19.6. The van der Waals surface area contributed by atoms with Crippen LogP contribution in [0.3, 0.4) is 0 Å². The van der Waals surface area contributed by atoms with Crippen LogP contribution in [0.25, 0.3) is 0 Å². The fourth-order valence-corrected chi connectivity index (χ4v) is 4.10. The van der Waals surface area contributed by atoms with E-state index in [0.29, 0.717) is 5.76 Å². The highest BCUT2D eigenvalue weighted by Crippen LogP contribution is 2.48. The number of amides is 1. The molecular weight excluding hydrogens is 338 g/mol. The molecule has 3 atom stereocenters. The van der Waals surface area contributed by atoms with Crippen LogP contribution in [0.15, 0.2) is 72.0 Å². The lowest BCUT2D eigenvalue weighted by atomic mass is 9.80. The van der Waals surface area contributed by atoms with Crippen molar-refractivity contribution >= 4 is 11.9 Å². The van der Waals surface area contributed by atoms with Gasteiger partial charge in [-0.1, -0.05) is 67.6 Å². The van der Waals surface area contributed by atoms with Gasteiger partial charge in [0, 0.05) is 19.8 Å². The monoisotopic (exact) mass is 363 g/mol. The Bertz CT molecular complexity index is 858. The second-order valence-corrected chi connectivity index (χ2v) is 7.02. The molecule has 0 bridgehead atoms. The van der Waals surface area contributed by atoms with E-state index in [9.17, 15) is 9.59 Å². The molecule has 1 aliphatic heterocycles. The van der Waals surface area contributed by atoms with E-state index in [0.717, 1.165) is 16.7 Å². The summed E-state index contributed by atoms with van der Waals surface area (Å²) in [5.74, 6) is 0.166. The average molecular weight is 363 g/mol. The van der Waals surface area contributed by atoms with Crippen molar-refractivity contribution in [3.8, 4) is 0 Å². The number of esters is 1. The van der Waals surface area contributed by atoms with E-state index >= 15 is 0 Å². The number of hydrogen-bond donors (Lipinski definition) is 0. The number of rotatable bonds is 3. The lowest BCUT2D eigenvalue weighted by molar-refractivity contribution is -0.141. The molecule has 0 aliphatic carbocycles. The molecule has 0 fully saturated rings. The summed E-state index contributed by atoms with van der Waals surface area (Å²) < 4.78 is 5.65. The Morgan fingerprint density at radius 2 is 1.41 bits per heavy atom. The van der Waals surface area contributed by atoms with Crippen molar-refractivity contribution < 1.29 is 14.3 Å². The van der Waals surface area contributed by atoms with Gasteiger partial charge in [0.15, 0.2) is 0 Å². The molecule has 1 heterocycles. The fraction of sp³-hybridized carbons (Fsp3) is 0.304. The maximum atomic E-state index is 12.8. The SMILES string of the molecule is CC(=O)OC1=C(C)[C@@H](c2ccccc2)N(C(C)=O)[C@H](c2ccccc2)[C@H]1C. The van der Waals surface area contributed by atoms with E-state index in [2.05, 4.69) is 0 Å². The molecule has 2 aromatic rings. The Balaban J connectivity index is 2.23. The highest BCUT2D eigenvalue weighted by molar-refractivity contribution is 5.76. The van der Waals surface area contributed by atoms with Gasteiger partial charge >= 0.3 is 5.97 Å². The molecular formula is C23H25NO3. The van der Waals surface area contributed by atoms with Crippen molar-refractivity contribution in [1.82, 2.24) is 4.90 Å². The zero-order valence-electron chi connectivity index (χ0n) is 16.2. The van der Waals surface area contributed by atoms with Gasteiger partial charge in [0.2, 0.25) is 5.91 Å². The molecule has 0 N–H and O–H groups in total. The molecule has 0 saturated heterocycles. The van der Waals surface area contributed by atoms with Gasteiger partial charge < -0.3 is 9.64 Å². The third kappa shape index (κ3) is 3.65. The number of nitrogens with zero attached hydrogens (tertiary/aromatic N) is 1. The second kappa shape index (κ2) is 7.78. The smallest absolute Gasteiger partial charge is 0.307 e. The average Bonchev–Trinajstić information content (AvgIpc) is 2.65. The quantitative estimate of drug-likeness (QED) is 0.736. The summed E-state index contributed by atoms with van der Waals surface area (Å²) in [6.45, 7) is 6.97. The van der Waals surface area contributed by atoms with Gasteiger partial charge in [-0.2, -0.15) is 0 Å². The van der Waals surface area contributed by atoms with E-state index in [-0.39, 0.29) is 29.9 Å². The first-order valence-electron chi connectivity index (χ1n) is 9.19. The molecule has 2 aromatic carbocycles. The van der Waals surface area contributed by atoms with E-state index in [1.54, 1.807) is 6.92 Å². The van der Waals surface area contributed by atoms with Gasteiger partial charge in [-0.25, -0.2) is 0 Å². The summed E-state index contributed by atoms with van der Waals surface area (Å²) in [4.78, 5) is 26.5. The third-order valence-electron chi connectivity index (χ3n) is 5.14. The molecule has 4 heteroatoms. The van der Waals surface area contributed by atoms with Crippen LogP contribution in [0.5, 0.6) is 0 Å². The highest BCUT2D eigenvalue weighted by Gasteiger charge is 2.43. The van der Waals surface area contributed by atoms with Gasteiger partial charge in [0.25, 0.3) is 0 Å². The minimum Gasteiger partial charge on any atom is -0.431 e. The van der Waals surface area contributed by atoms with Gasteiger partial charge in [-0.3, -0.25) is 9.59 Å². The van der Waals surface area contributed by atoms with Crippen molar-refractivity contribution in [3.63, 3.8) is 0 Å². The highest BCUT2D eigenvalue weighted by atomic mass is 16.5. The molecule has 1 aliphatic rings. The van der Waals surface area contributed by atoms with E-state index in [1.807, 2.05) is 79.4 Å². The molecule has 4 nitrogen and oxygen atoms in total. The predicted molar refractivity (Wildman–Crippen MR) is 105 cm³/mol. The lowest BCUT2D eigenvalue weighted by Gasteiger charge is -2.46. The predicted octanol–water partition coefficient (Wildman–Crippen LogP) is 4.80. The van der Waals surface area contributed by atoms with Crippen LogP contribution in [-0.4, -0.2) is 16.8 Å². The van der Waals surface area contributed by atoms with E-state index in [1.165, 1.54) is 6.92 Å². The zero-order valence-corrected chi connectivity index (χ0v) is 16.2. The Kier molecular flexibility index (Phi) is 5.45. The first-order valence-corrected chi connectivity index (χ1v) is 9.19. The molecule has 0 radical (unpaired) electrons. The van der Waals surface area contributed by atoms with Crippen LogP contribution in [0.4, 0.5) is 0 Å². The van der Waals surface area contributed by atoms with Crippen LogP contribution >= 0.6 is 0 Å². The Morgan fingerprint density at radius 1 is 0.889 bits per heavy atom. The number of carbonyl (C=O) groups excluding carboxylic acids is 2. The van der Waals surface area contributed by atoms with E-state index < -0.39 is 0 Å². The Morgan fingerprint density at radius 3 is 1.89 bits per heavy atom. The third-order valence-corrected chi connectivity index (χ3v) is 5.14. The molecule has 27 heavy (non-hydrogen) atoms. The maximum absolute atomic E-state index is 12.8. The van der Waals surface area contributed by atoms with Crippen molar-refractivity contribution in [1.29, 1.82) is 0 Å².